The molecule has 1 fully saturated rings. The van der Waals surface area contributed by atoms with Gasteiger partial charge in [0.2, 0.25) is 11.8 Å². The molecule has 3 rings (SSSR count). The maximum absolute atomic E-state index is 12.2. The van der Waals surface area contributed by atoms with Crippen LogP contribution in [0.4, 0.5) is 0 Å². The van der Waals surface area contributed by atoms with Gasteiger partial charge in [-0.05, 0) is 37.0 Å². The molecule has 8 nitrogen and oxygen atoms in total. The molecule has 2 amide bonds. The molecule has 0 spiro atoms. The van der Waals surface area contributed by atoms with Crippen LogP contribution in [0, 0.1) is 0 Å². The smallest absolute Gasteiger partial charge is 0.230 e. The number of thioether (sulfide) groups is 1. The highest BCUT2D eigenvalue weighted by atomic mass is 35.5. The number of nitrogens with two attached hydrogens (primary N) is 1. The number of nitrogens with one attached hydrogen (secondary N) is 1. The van der Waals surface area contributed by atoms with E-state index in [9.17, 15) is 9.59 Å². The lowest BCUT2D eigenvalue weighted by Gasteiger charge is -2.14. The van der Waals surface area contributed by atoms with Gasteiger partial charge in [-0.3, -0.25) is 9.59 Å². The van der Waals surface area contributed by atoms with Crippen LogP contribution in [0.25, 0.3) is 0 Å². The van der Waals surface area contributed by atoms with Gasteiger partial charge in [-0.25, -0.2) is 0 Å². The Labute approximate surface area is 184 Å². The monoisotopic (exact) mass is 451 g/mol. The Morgan fingerprint density at radius 3 is 2.93 bits per heavy atom. The quantitative estimate of drug-likeness (QED) is 0.505. The van der Waals surface area contributed by atoms with Crippen molar-refractivity contribution in [2.45, 2.75) is 49.9 Å². The SMILES string of the molecule is NC(=O)CCc1nnc(SCC(=O)NCCc2cccc(Cl)c2)n1CC1CCCO1. The second-order valence-corrected chi connectivity index (χ2v) is 8.51. The lowest BCUT2D eigenvalue weighted by molar-refractivity contribution is -0.119. The van der Waals surface area contributed by atoms with Gasteiger partial charge in [-0.15, -0.1) is 10.2 Å². The van der Waals surface area contributed by atoms with Gasteiger partial charge in [0, 0.05) is 31.0 Å². The Bertz CT molecular complexity index is 870. The number of halogens is 1. The summed E-state index contributed by atoms with van der Waals surface area (Å²) in [5, 5.41) is 12.7. The number of ether oxygens (including phenoxy) is 1. The zero-order valence-corrected chi connectivity index (χ0v) is 18.3. The number of benzene rings is 1. The molecule has 2 aromatic rings. The minimum absolute atomic E-state index is 0.0765. The first-order valence-corrected chi connectivity index (χ1v) is 11.3. The van der Waals surface area contributed by atoms with Crippen LogP contribution in [0.3, 0.4) is 0 Å². The molecule has 1 aromatic carbocycles. The highest BCUT2D eigenvalue weighted by Crippen LogP contribution is 2.22. The molecule has 2 heterocycles. The molecular formula is C20H26ClN5O3S. The number of hydrogen-bond donors (Lipinski definition) is 2. The first kappa shape index (κ1) is 22.6. The highest BCUT2D eigenvalue weighted by molar-refractivity contribution is 7.99. The minimum Gasteiger partial charge on any atom is -0.376 e. The van der Waals surface area contributed by atoms with Gasteiger partial charge in [0.25, 0.3) is 0 Å². The van der Waals surface area contributed by atoms with Gasteiger partial charge in [-0.1, -0.05) is 35.5 Å². The van der Waals surface area contributed by atoms with Crippen molar-refractivity contribution in [3.8, 4) is 0 Å². The van der Waals surface area contributed by atoms with Gasteiger partial charge in [0.15, 0.2) is 5.16 Å². The van der Waals surface area contributed by atoms with E-state index in [1.54, 1.807) is 0 Å². The van der Waals surface area contributed by atoms with Crippen LogP contribution < -0.4 is 11.1 Å². The second-order valence-electron chi connectivity index (χ2n) is 7.13. The molecule has 30 heavy (non-hydrogen) atoms. The van der Waals surface area contributed by atoms with Crippen molar-refractivity contribution in [3.63, 3.8) is 0 Å². The summed E-state index contributed by atoms with van der Waals surface area (Å²) >= 11 is 7.31. The van der Waals surface area contributed by atoms with E-state index >= 15 is 0 Å². The van der Waals surface area contributed by atoms with Crippen molar-refractivity contribution < 1.29 is 14.3 Å². The van der Waals surface area contributed by atoms with Crippen LogP contribution in [-0.2, 0) is 33.7 Å². The summed E-state index contributed by atoms with van der Waals surface area (Å²) in [6.45, 7) is 1.90. The predicted octanol–water partition coefficient (Wildman–Crippen LogP) is 1.98. The van der Waals surface area contributed by atoms with Crippen molar-refractivity contribution in [1.29, 1.82) is 0 Å². The molecule has 1 aromatic heterocycles. The molecule has 0 aliphatic carbocycles. The van der Waals surface area contributed by atoms with Crippen LogP contribution in [0.15, 0.2) is 29.4 Å². The van der Waals surface area contributed by atoms with Crippen LogP contribution in [-0.4, -0.2) is 51.6 Å². The van der Waals surface area contributed by atoms with Gasteiger partial charge >= 0.3 is 0 Å². The molecule has 1 aliphatic rings. The Kier molecular flexibility index (Phi) is 8.53. The van der Waals surface area contributed by atoms with E-state index in [1.165, 1.54) is 11.8 Å². The highest BCUT2D eigenvalue weighted by Gasteiger charge is 2.21. The maximum Gasteiger partial charge on any atom is 0.230 e. The molecule has 10 heteroatoms. The molecule has 162 valence electrons. The Balaban J connectivity index is 1.52. The molecule has 1 saturated heterocycles. The van der Waals surface area contributed by atoms with Gasteiger partial charge in [-0.2, -0.15) is 0 Å². The average Bonchev–Trinajstić information content (AvgIpc) is 3.35. The normalized spacial score (nSPS) is 16.0. The third-order valence-electron chi connectivity index (χ3n) is 4.76. The first-order valence-electron chi connectivity index (χ1n) is 9.97. The lowest BCUT2D eigenvalue weighted by atomic mass is 10.1. The van der Waals surface area contributed by atoms with Crippen LogP contribution >= 0.6 is 23.4 Å². The summed E-state index contributed by atoms with van der Waals surface area (Å²) in [6, 6.07) is 7.59. The van der Waals surface area contributed by atoms with Gasteiger partial charge in [0.1, 0.15) is 5.82 Å². The van der Waals surface area contributed by atoms with Crippen LogP contribution in [0.1, 0.15) is 30.7 Å². The van der Waals surface area contributed by atoms with Crippen molar-refractivity contribution in [2.24, 2.45) is 5.73 Å². The molecule has 0 bridgehead atoms. The first-order chi connectivity index (χ1) is 14.5. The summed E-state index contributed by atoms with van der Waals surface area (Å²) in [5.41, 5.74) is 6.34. The lowest BCUT2D eigenvalue weighted by Crippen LogP contribution is -2.27. The fraction of sp³-hybridized carbons (Fsp3) is 0.500. The Morgan fingerprint density at radius 2 is 2.20 bits per heavy atom. The number of carbonyl (C=O) groups is 2. The standard InChI is InChI=1S/C20H26ClN5O3S/c21-15-4-1-3-14(11-15)8-9-23-19(28)13-30-20-25-24-18(7-6-17(22)27)26(20)12-16-5-2-10-29-16/h1,3-4,11,16H,2,5-10,12-13H2,(H2,22,27)(H,23,28). The molecular weight excluding hydrogens is 426 g/mol. The summed E-state index contributed by atoms with van der Waals surface area (Å²) in [6.07, 6.45) is 3.44. The maximum atomic E-state index is 12.2. The van der Waals surface area contributed by atoms with E-state index < -0.39 is 0 Å². The van der Waals surface area contributed by atoms with Crippen molar-refractivity contribution >= 4 is 35.2 Å². The molecule has 1 aliphatic heterocycles. The summed E-state index contributed by atoms with van der Waals surface area (Å²) in [4.78, 5) is 23.4. The Morgan fingerprint density at radius 1 is 1.33 bits per heavy atom. The third-order valence-corrected chi connectivity index (χ3v) is 5.96. The number of hydrogen-bond acceptors (Lipinski definition) is 6. The van der Waals surface area contributed by atoms with Crippen LogP contribution in [0.5, 0.6) is 0 Å². The molecule has 3 N–H and O–H groups in total. The van der Waals surface area contributed by atoms with E-state index in [0.717, 1.165) is 25.0 Å². The van der Waals surface area contributed by atoms with E-state index in [2.05, 4.69) is 15.5 Å². The Hall–Kier alpha value is -2.10. The fourth-order valence-corrected chi connectivity index (χ4v) is 4.25. The zero-order chi connectivity index (χ0) is 21.3. The number of primary amides is 1. The number of amides is 2. The minimum atomic E-state index is -0.380. The van der Waals surface area contributed by atoms with Crippen molar-refractivity contribution in [2.75, 3.05) is 18.9 Å². The average molecular weight is 452 g/mol. The fourth-order valence-electron chi connectivity index (χ4n) is 3.24. The van der Waals surface area contributed by atoms with Crippen molar-refractivity contribution in [1.82, 2.24) is 20.1 Å². The van der Waals surface area contributed by atoms with E-state index in [1.807, 2.05) is 28.8 Å². The van der Waals surface area contributed by atoms with E-state index in [-0.39, 0.29) is 30.1 Å². The molecule has 0 radical (unpaired) electrons. The molecule has 0 saturated carbocycles. The topological polar surface area (TPSA) is 112 Å². The van der Waals surface area contributed by atoms with E-state index in [0.29, 0.717) is 41.9 Å². The zero-order valence-electron chi connectivity index (χ0n) is 16.7. The summed E-state index contributed by atoms with van der Waals surface area (Å²) in [5.74, 6) is 0.463. The van der Waals surface area contributed by atoms with E-state index in [4.69, 9.17) is 22.1 Å². The number of aryl methyl sites for hydroxylation is 1. The number of carbonyl (C=O) groups excluding carboxylic acids is 2. The third kappa shape index (κ3) is 7.00. The summed E-state index contributed by atoms with van der Waals surface area (Å²) < 4.78 is 7.67. The number of nitrogens with zero attached hydrogens (tertiary/aromatic N) is 3. The number of aromatic nitrogens is 3. The molecule has 1 unspecified atom stereocenters. The predicted molar refractivity (Wildman–Crippen MR) is 115 cm³/mol. The summed E-state index contributed by atoms with van der Waals surface area (Å²) in [7, 11) is 0. The van der Waals surface area contributed by atoms with Gasteiger partial charge < -0.3 is 20.4 Å². The molecule has 1 atom stereocenters. The van der Waals surface area contributed by atoms with Crippen LogP contribution in [0.2, 0.25) is 5.02 Å². The van der Waals surface area contributed by atoms with Gasteiger partial charge in [0.05, 0.1) is 18.4 Å². The van der Waals surface area contributed by atoms with Crippen molar-refractivity contribution in [3.05, 3.63) is 40.7 Å². The number of rotatable bonds is 11. The second kappa shape index (κ2) is 11.3. The largest absolute Gasteiger partial charge is 0.376 e.